The van der Waals surface area contributed by atoms with Gasteiger partial charge in [0.2, 0.25) is 0 Å². The van der Waals surface area contributed by atoms with Crippen LogP contribution in [0.15, 0.2) is 24.9 Å². The average molecular weight is 293 g/mol. The first-order valence-electron chi connectivity index (χ1n) is 7.71. The number of aromatic nitrogens is 3. The van der Waals surface area contributed by atoms with E-state index in [-0.39, 0.29) is 0 Å². The van der Waals surface area contributed by atoms with Crippen molar-refractivity contribution in [1.82, 2.24) is 15.0 Å². The second kappa shape index (κ2) is 6.52. The number of nitriles is 1. The van der Waals surface area contributed by atoms with Crippen molar-refractivity contribution in [2.24, 2.45) is 0 Å². The van der Waals surface area contributed by atoms with Gasteiger partial charge in [0.1, 0.15) is 18.1 Å². The molecule has 0 spiro atoms. The van der Waals surface area contributed by atoms with E-state index in [1.165, 1.54) is 38.4 Å². The van der Waals surface area contributed by atoms with Crippen molar-refractivity contribution in [1.29, 1.82) is 5.26 Å². The molecule has 1 aliphatic rings. The highest BCUT2D eigenvalue weighted by atomic mass is 14.9. The van der Waals surface area contributed by atoms with Crippen molar-refractivity contribution in [3.63, 3.8) is 0 Å². The Morgan fingerprint density at radius 1 is 1.14 bits per heavy atom. The number of rotatable bonds is 3. The standard InChI is InChI=1S/C17H19N5/c1-12-8-21-15(7-18)16(13-9-19-11-20-10-13)17(12)22-14-5-3-2-4-6-14/h8-11,14H,2-6H2,1H3,(H,21,22). The summed E-state index contributed by atoms with van der Waals surface area (Å²) >= 11 is 0. The van der Waals surface area contributed by atoms with Crippen LogP contribution in [-0.2, 0) is 0 Å². The Kier molecular flexibility index (Phi) is 4.29. The zero-order valence-corrected chi connectivity index (χ0v) is 12.7. The van der Waals surface area contributed by atoms with E-state index in [1.807, 2.05) is 6.92 Å². The van der Waals surface area contributed by atoms with Crippen LogP contribution in [0.25, 0.3) is 11.1 Å². The summed E-state index contributed by atoms with van der Waals surface area (Å²) in [7, 11) is 0. The largest absolute Gasteiger partial charge is 0.381 e. The van der Waals surface area contributed by atoms with Gasteiger partial charge in [-0.2, -0.15) is 5.26 Å². The normalized spacial score (nSPS) is 15.3. The summed E-state index contributed by atoms with van der Waals surface area (Å²) in [5.74, 6) is 0. The van der Waals surface area contributed by atoms with Crippen molar-refractivity contribution in [3.05, 3.63) is 36.2 Å². The van der Waals surface area contributed by atoms with Crippen molar-refractivity contribution in [2.45, 2.75) is 45.1 Å². The van der Waals surface area contributed by atoms with E-state index in [2.05, 4.69) is 26.3 Å². The number of pyridine rings is 1. The summed E-state index contributed by atoms with van der Waals surface area (Å²) in [5.41, 5.74) is 4.10. The molecule has 0 bridgehead atoms. The monoisotopic (exact) mass is 293 g/mol. The molecule has 0 aromatic carbocycles. The quantitative estimate of drug-likeness (QED) is 0.938. The molecule has 1 saturated carbocycles. The maximum Gasteiger partial charge on any atom is 0.150 e. The van der Waals surface area contributed by atoms with Crippen LogP contribution < -0.4 is 5.32 Å². The van der Waals surface area contributed by atoms with E-state index in [9.17, 15) is 5.26 Å². The first kappa shape index (κ1) is 14.5. The molecule has 0 aliphatic heterocycles. The van der Waals surface area contributed by atoms with E-state index in [0.29, 0.717) is 11.7 Å². The molecule has 2 aromatic rings. The topological polar surface area (TPSA) is 74.5 Å². The van der Waals surface area contributed by atoms with Crippen molar-refractivity contribution in [2.75, 3.05) is 5.32 Å². The molecular formula is C17H19N5. The Bertz CT molecular complexity index is 684. The summed E-state index contributed by atoms with van der Waals surface area (Å²) in [5, 5.41) is 13.1. The fourth-order valence-corrected chi connectivity index (χ4v) is 3.04. The maximum absolute atomic E-state index is 9.42. The molecule has 22 heavy (non-hydrogen) atoms. The third kappa shape index (κ3) is 2.91. The molecule has 5 heteroatoms. The molecule has 1 N–H and O–H groups in total. The maximum atomic E-state index is 9.42. The molecule has 5 nitrogen and oxygen atoms in total. The lowest BCUT2D eigenvalue weighted by atomic mass is 9.94. The Balaban J connectivity index is 2.05. The number of anilines is 1. The second-order valence-corrected chi connectivity index (χ2v) is 5.76. The van der Waals surface area contributed by atoms with Crippen molar-refractivity contribution < 1.29 is 0 Å². The van der Waals surface area contributed by atoms with Gasteiger partial charge in [-0.3, -0.25) is 0 Å². The lowest BCUT2D eigenvalue weighted by Crippen LogP contribution is -2.23. The van der Waals surface area contributed by atoms with Gasteiger partial charge in [0.05, 0.1) is 0 Å². The summed E-state index contributed by atoms with van der Waals surface area (Å²) in [6.07, 6.45) is 12.9. The highest BCUT2D eigenvalue weighted by Gasteiger charge is 2.19. The summed E-state index contributed by atoms with van der Waals surface area (Å²) < 4.78 is 0. The minimum absolute atomic E-state index is 0.415. The van der Waals surface area contributed by atoms with E-state index in [0.717, 1.165) is 22.4 Å². The molecule has 0 unspecified atom stereocenters. The smallest absolute Gasteiger partial charge is 0.150 e. The van der Waals surface area contributed by atoms with Crippen molar-refractivity contribution >= 4 is 5.69 Å². The number of nitrogens with zero attached hydrogens (tertiary/aromatic N) is 4. The van der Waals surface area contributed by atoms with E-state index >= 15 is 0 Å². The van der Waals surface area contributed by atoms with Gasteiger partial charge >= 0.3 is 0 Å². The molecule has 1 fully saturated rings. The van der Waals surface area contributed by atoms with Gasteiger partial charge in [-0.25, -0.2) is 15.0 Å². The molecule has 0 radical (unpaired) electrons. The molecule has 0 atom stereocenters. The van der Waals surface area contributed by atoms with Gasteiger partial charge in [-0.1, -0.05) is 19.3 Å². The molecule has 1 aliphatic carbocycles. The zero-order chi connectivity index (χ0) is 15.4. The molecule has 2 heterocycles. The fraction of sp³-hybridized carbons (Fsp3) is 0.412. The van der Waals surface area contributed by atoms with Crippen LogP contribution in [-0.4, -0.2) is 21.0 Å². The SMILES string of the molecule is Cc1cnc(C#N)c(-c2cncnc2)c1NC1CCCCC1. The molecule has 0 saturated heterocycles. The van der Waals surface area contributed by atoms with Gasteiger partial charge in [0, 0.05) is 41.4 Å². The minimum atomic E-state index is 0.415. The van der Waals surface area contributed by atoms with Gasteiger partial charge in [-0.15, -0.1) is 0 Å². The number of nitrogens with one attached hydrogen (secondary N) is 1. The third-order valence-electron chi connectivity index (χ3n) is 4.18. The molecular weight excluding hydrogens is 274 g/mol. The summed E-state index contributed by atoms with van der Waals surface area (Å²) in [6.45, 7) is 2.02. The Morgan fingerprint density at radius 2 is 1.86 bits per heavy atom. The van der Waals surface area contributed by atoms with Gasteiger partial charge in [-0.05, 0) is 25.3 Å². The van der Waals surface area contributed by atoms with Gasteiger partial charge in [0.25, 0.3) is 0 Å². The highest BCUT2D eigenvalue weighted by Crippen LogP contribution is 2.34. The molecule has 3 rings (SSSR count). The Morgan fingerprint density at radius 3 is 2.55 bits per heavy atom. The number of hydrogen-bond acceptors (Lipinski definition) is 5. The van der Waals surface area contributed by atoms with Crippen LogP contribution in [0, 0.1) is 18.3 Å². The third-order valence-corrected chi connectivity index (χ3v) is 4.18. The average Bonchev–Trinajstić information content (AvgIpc) is 2.58. The van der Waals surface area contributed by atoms with Crippen LogP contribution in [0.2, 0.25) is 0 Å². The minimum Gasteiger partial charge on any atom is -0.381 e. The lowest BCUT2D eigenvalue weighted by molar-refractivity contribution is 0.462. The van der Waals surface area contributed by atoms with Crippen LogP contribution >= 0.6 is 0 Å². The lowest BCUT2D eigenvalue weighted by Gasteiger charge is -2.26. The predicted octanol–water partition coefficient (Wildman–Crippen LogP) is 3.46. The van der Waals surface area contributed by atoms with Crippen molar-refractivity contribution in [3.8, 4) is 17.2 Å². The van der Waals surface area contributed by atoms with E-state index in [4.69, 9.17) is 0 Å². The number of aryl methyl sites for hydroxylation is 1. The van der Waals surface area contributed by atoms with Crippen LogP contribution in [0.4, 0.5) is 5.69 Å². The summed E-state index contributed by atoms with van der Waals surface area (Å²) in [6, 6.07) is 2.66. The zero-order valence-electron chi connectivity index (χ0n) is 12.7. The molecule has 0 amide bonds. The predicted molar refractivity (Wildman–Crippen MR) is 85.2 cm³/mol. The van der Waals surface area contributed by atoms with Crippen LogP contribution in [0.5, 0.6) is 0 Å². The van der Waals surface area contributed by atoms with E-state index < -0.39 is 0 Å². The summed E-state index contributed by atoms with van der Waals surface area (Å²) in [4.78, 5) is 12.4. The fourth-order valence-electron chi connectivity index (χ4n) is 3.04. The molecule has 112 valence electrons. The van der Waals surface area contributed by atoms with Crippen LogP contribution in [0.3, 0.4) is 0 Å². The van der Waals surface area contributed by atoms with Gasteiger partial charge in [0.15, 0.2) is 0 Å². The molecule has 2 aromatic heterocycles. The van der Waals surface area contributed by atoms with Gasteiger partial charge < -0.3 is 5.32 Å². The highest BCUT2D eigenvalue weighted by molar-refractivity contribution is 5.83. The first-order chi connectivity index (χ1) is 10.8. The van der Waals surface area contributed by atoms with Crippen LogP contribution in [0.1, 0.15) is 43.4 Å². The Labute approximate surface area is 130 Å². The Hall–Kier alpha value is -2.48. The first-order valence-corrected chi connectivity index (χ1v) is 7.71. The second-order valence-electron chi connectivity index (χ2n) is 5.76. The number of hydrogen-bond donors (Lipinski definition) is 1. The van der Waals surface area contributed by atoms with E-state index in [1.54, 1.807) is 18.6 Å².